The van der Waals surface area contributed by atoms with Crippen LogP contribution in [0.1, 0.15) is 11.5 Å². The summed E-state index contributed by atoms with van der Waals surface area (Å²) in [5.41, 5.74) is 0. The van der Waals surface area contributed by atoms with Crippen molar-refractivity contribution in [3.8, 4) is 0 Å². The first kappa shape index (κ1) is 7.81. The van der Waals surface area contributed by atoms with Gasteiger partial charge in [0.05, 0.1) is 6.61 Å². The normalized spacial score (nSPS) is 9.91. The molecule has 60 valence electrons. The van der Waals surface area contributed by atoms with E-state index in [0.717, 1.165) is 0 Å². The van der Waals surface area contributed by atoms with Gasteiger partial charge < -0.3 is 13.9 Å². The lowest BCUT2D eigenvalue weighted by Crippen LogP contribution is -1.91. The maximum atomic E-state index is 10.5. The van der Waals surface area contributed by atoms with Crippen LogP contribution in [0.25, 0.3) is 6.08 Å². The minimum Gasteiger partial charge on any atom is -0.396 e. The van der Waals surface area contributed by atoms with E-state index in [9.17, 15) is 4.79 Å². The quantitative estimate of drug-likeness (QED) is 0.688. The van der Waals surface area contributed by atoms with E-state index in [-0.39, 0.29) is 13.0 Å². The number of aliphatic hydroxyl groups is 1. The van der Waals surface area contributed by atoms with Gasteiger partial charge in [-0.1, -0.05) is 6.58 Å². The highest BCUT2D eigenvalue weighted by Gasteiger charge is 2.07. The molecule has 0 aromatic carbocycles. The SMILES string of the molecule is C=Cc1oc(=O)oc1CCO. The lowest BCUT2D eigenvalue weighted by Gasteiger charge is -1.88. The second kappa shape index (κ2) is 3.21. The molecule has 0 amide bonds. The van der Waals surface area contributed by atoms with Crippen LogP contribution in [-0.4, -0.2) is 11.7 Å². The monoisotopic (exact) mass is 156 g/mol. The van der Waals surface area contributed by atoms with Gasteiger partial charge in [0.15, 0.2) is 11.5 Å². The zero-order valence-electron chi connectivity index (χ0n) is 5.87. The summed E-state index contributed by atoms with van der Waals surface area (Å²) in [6, 6.07) is 0. The standard InChI is InChI=1S/C7H8O4/c1-2-5-6(3-4-8)11-7(9)10-5/h2,8H,1,3-4H2. The number of rotatable bonds is 3. The maximum absolute atomic E-state index is 10.5. The Morgan fingerprint density at radius 3 is 2.82 bits per heavy atom. The second-order valence-electron chi connectivity index (χ2n) is 1.92. The third-order valence-corrected chi connectivity index (χ3v) is 1.20. The smallest absolute Gasteiger partial charge is 0.396 e. The molecule has 0 spiro atoms. The maximum Gasteiger partial charge on any atom is 0.519 e. The van der Waals surface area contributed by atoms with Crippen molar-refractivity contribution in [2.45, 2.75) is 6.42 Å². The van der Waals surface area contributed by atoms with Crippen LogP contribution in [0, 0.1) is 0 Å². The van der Waals surface area contributed by atoms with Gasteiger partial charge in [-0.25, -0.2) is 4.79 Å². The van der Waals surface area contributed by atoms with Crippen LogP contribution >= 0.6 is 0 Å². The molecule has 0 bridgehead atoms. The van der Waals surface area contributed by atoms with E-state index in [2.05, 4.69) is 15.4 Å². The highest BCUT2D eigenvalue weighted by Crippen LogP contribution is 2.07. The van der Waals surface area contributed by atoms with Crippen LogP contribution in [-0.2, 0) is 6.42 Å². The van der Waals surface area contributed by atoms with Gasteiger partial charge in [0.1, 0.15) is 0 Å². The zero-order chi connectivity index (χ0) is 8.27. The van der Waals surface area contributed by atoms with E-state index in [1.807, 2.05) is 0 Å². The molecule has 0 saturated heterocycles. The number of hydrogen-bond acceptors (Lipinski definition) is 4. The van der Waals surface area contributed by atoms with Crippen molar-refractivity contribution in [3.63, 3.8) is 0 Å². The highest BCUT2D eigenvalue weighted by atomic mass is 16.6. The average Bonchev–Trinajstić information content (AvgIpc) is 2.32. The van der Waals surface area contributed by atoms with Gasteiger partial charge in [0, 0.05) is 6.42 Å². The summed E-state index contributed by atoms with van der Waals surface area (Å²) < 4.78 is 9.16. The summed E-state index contributed by atoms with van der Waals surface area (Å²) in [6.45, 7) is 3.33. The van der Waals surface area contributed by atoms with Crippen LogP contribution in [0.15, 0.2) is 20.2 Å². The molecule has 1 N–H and O–H groups in total. The van der Waals surface area contributed by atoms with Gasteiger partial charge >= 0.3 is 5.82 Å². The van der Waals surface area contributed by atoms with E-state index in [1.165, 1.54) is 6.08 Å². The lowest BCUT2D eigenvalue weighted by atomic mass is 10.3. The van der Waals surface area contributed by atoms with Crippen molar-refractivity contribution in [3.05, 3.63) is 28.7 Å². The summed E-state index contributed by atoms with van der Waals surface area (Å²) in [5, 5.41) is 8.51. The summed E-state index contributed by atoms with van der Waals surface area (Å²) in [6.07, 6.45) is 1.64. The minimum atomic E-state index is -0.761. The fraction of sp³-hybridized carbons (Fsp3) is 0.286. The molecule has 0 aliphatic heterocycles. The largest absolute Gasteiger partial charge is 0.519 e. The van der Waals surface area contributed by atoms with Gasteiger partial charge in [-0.2, -0.15) is 0 Å². The lowest BCUT2D eigenvalue weighted by molar-refractivity contribution is 0.284. The highest BCUT2D eigenvalue weighted by molar-refractivity contribution is 5.40. The van der Waals surface area contributed by atoms with Crippen molar-refractivity contribution in [2.75, 3.05) is 6.61 Å². The first-order valence-electron chi connectivity index (χ1n) is 3.14. The molecule has 0 aliphatic carbocycles. The van der Waals surface area contributed by atoms with Crippen molar-refractivity contribution in [1.82, 2.24) is 0 Å². The van der Waals surface area contributed by atoms with Crippen molar-refractivity contribution in [2.24, 2.45) is 0 Å². The Hall–Kier alpha value is -1.29. The molecule has 0 fully saturated rings. The van der Waals surface area contributed by atoms with Gasteiger partial charge in [0.25, 0.3) is 0 Å². The van der Waals surface area contributed by atoms with Crippen LogP contribution in [0.5, 0.6) is 0 Å². The van der Waals surface area contributed by atoms with Crippen LogP contribution in [0.4, 0.5) is 0 Å². The van der Waals surface area contributed by atoms with E-state index < -0.39 is 5.82 Å². The molecular formula is C7H8O4. The molecule has 4 heteroatoms. The van der Waals surface area contributed by atoms with Crippen LogP contribution < -0.4 is 5.82 Å². The third kappa shape index (κ3) is 1.59. The van der Waals surface area contributed by atoms with Gasteiger partial charge in [0.2, 0.25) is 0 Å². The fourth-order valence-electron chi connectivity index (χ4n) is 0.750. The molecule has 0 aliphatic rings. The molecule has 1 aromatic heterocycles. The first-order valence-corrected chi connectivity index (χ1v) is 3.14. The molecule has 4 nitrogen and oxygen atoms in total. The molecule has 0 atom stereocenters. The molecule has 1 heterocycles. The molecular weight excluding hydrogens is 148 g/mol. The summed E-state index contributed by atoms with van der Waals surface area (Å²) in [5.74, 6) is -0.125. The molecule has 11 heavy (non-hydrogen) atoms. The zero-order valence-corrected chi connectivity index (χ0v) is 5.87. The van der Waals surface area contributed by atoms with Crippen LogP contribution in [0.2, 0.25) is 0 Å². The van der Waals surface area contributed by atoms with Gasteiger partial charge in [-0.15, -0.1) is 0 Å². The Kier molecular flexibility index (Phi) is 2.28. The second-order valence-corrected chi connectivity index (χ2v) is 1.92. The van der Waals surface area contributed by atoms with E-state index >= 15 is 0 Å². The molecule has 1 rings (SSSR count). The Morgan fingerprint density at radius 2 is 2.27 bits per heavy atom. The fourth-order valence-corrected chi connectivity index (χ4v) is 0.750. The minimum absolute atomic E-state index is 0.0800. The topological polar surface area (TPSA) is 63.6 Å². The Labute approximate surface area is 62.8 Å². The predicted molar refractivity (Wildman–Crippen MR) is 38.1 cm³/mol. The Bertz CT molecular complexity index is 294. The van der Waals surface area contributed by atoms with Crippen LogP contribution in [0.3, 0.4) is 0 Å². The van der Waals surface area contributed by atoms with E-state index in [0.29, 0.717) is 11.5 Å². The molecule has 0 unspecified atom stereocenters. The van der Waals surface area contributed by atoms with Gasteiger partial charge in [-0.05, 0) is 6.08 Å². The Morgan fingerprint density at radius 1 is 1.55 bits per heavy atom. The molecule has 1 aromatic rings. The third-order valence-electron chi connectivity index (χ3n) is 1.20. The number of aliphatic hydroxyl groups excluding tert-OH is 1. The van der Waals surface area contributed by atoms with Crippen molar-refractivity contribution >= 4 is 6.08 Å². The molecule has 0 radical (unpaired) electrons. The Balaban J connectivity index is 3.01. The van der Waals surface area contributed by atoms with Crippen molar-refractivity contribution in [1.29, 1.82) is 0 Å². The van der Waals surface area contributed by atoms with E-state index in [1.54, 1.807) is 0 Å². The summed E-state index contributed by atoms with van der Waals surface area (Å²) in [4.78, 5) is 10.5. The van der Waals surface area contributed by atoms with Crippen molar-refractivity contribution < 1.29 is 13.9 Å². The summed E-state index contributed by atoms with van der Waals surface area (Å²) >= 11 is 0. The predicted octanol–water partition coefficient (Wildman–Crippen LogP) is 0.411. The first-order chi connectivity index (χ1) is 5.27. The van der Waals surface area contributed by atoms with E-state index in [4.69, 9.17) is 5.11 Å². The average molecular weight is 156 g/mol. The molecule has 0 saturated carbocycles. The van der Waals surface area contributed by atoms with Gasteiger partial charge in [-0.3, -0.25) is 0 Å². The summed E-state index contributed by atoms with van der Waals surface area (Å²) in [7, 11) is 0. The number of hydrogen-bond donors (Lipinski definition) is 1.